The maximum absolute atomic E-state index is 11.8. The minimum Gasteiger partial charge on any atom is -0.339 e. The number of halogens is 1. The molecule has 2 N–H and O–H groups in total. The van der Waals surface area contributed by atoms with E-state index in [1.807, 2.05) is 18.4 Å². The highest BCUT2D eigenvalue weighted by atomic mass is 79.9. The SMILES string of the molecule is CCCC(N)C(=O)N(C)Cc1cc(Br)cs1. The minimum absolute atomic E-state index is 0.0198. The summed E-state index contributed by atoms with van der Waals surface area (Å²) in [5.41, 5.74) is 5.79. The van der Waals surface area contributed by atoms with Gasteiger partial charge in [-0.2, -0.15) is 0 Å². The third-order valence-corrected chi connectivity index (χ3v) is 3.99. The third kappa shape index (κ3) is 3.88. The fourth-order valence-electron chi connectivity index (χ4n) is 1.47. The summed E-state index contributed by atoms with van der Waals surface area (Å²) >= 11 is 5.03. The molecule has 90 valence electrons. The van der Waals surface area contributed by atoms with E-state index in [0.29, 0.717) is 6.54 Å². The van der Waals surface area contributed by atoms with Gasteiger partial charge in [0, 0.05) is 21.8 Å². The zero-order chi connectivity index (χ0) is 12.1. The molecule has 0 radical (unpaired) electrons. The molecule has 5 heteroatoms. The Morgan fingerprint density at radius 1 is 1.69 bits per heavy atom. The van der Waals surface area contributed by atoms with Gasteiger partial charge in [-0.15, -0.1) is 11.3 Å². The van der Waals surface area contributed by atoms with Crippen molar-refractivity contribution in [2.24, 2.45) is 5.73 Å². The van der Waals surface area contributed by atoms with Crippen molar-refractivity contribution in [3.05, 3.63) is 20.8 Å². The van der Waals surface area contributed by atoms with Gasteiger partial charge < -0.3 is 10.6 Å². The molecule has 3 nitrogen and oxygen atoms in total. The molecule has 0 aliphatic carbocycles. The number of likely N-dealkylation sites (N-methyl/N-ethyl adjacent to an activating group) is 1. The van der Waals surface area contributed by atoms with Crippen molar-refractivity contribution in [2.45, 2.75) is 32.4 Å². The van der Waals surface area contributed by atoms with Crippen LogP contribution in [-0.2, 0) is 11.3 Å². The lowest BCUT2D eigenvalue weighted by atomic mass is 10.1. The van der Waals surface area contributed by atoms with Gasteiger partial charge >= 0.3 is 0 Å². The van der Waals surface area contributed by atoms with Crippen molar-refractivity contribution in [3.8, 4) is 0 Å². The summed E-state index contributed by atoms with van der Waals surface area (Å²) in [6.45, 7) is 2.66. The standard InChI is InChI=1S/C11H17BrN2OS/c1-3-4-10(13)11(15)14(2)6-9-5-8(12)7-16-9/h5,7,10H,3-4,6,13H2,1-2H3. The Bertz CT molecular complexity index is 354. The average molecular weight is 305 g/mol. The second kappa shape index (κ2) is 6.37. The first kappa shape index (κ1) is 13.7. The van der Waals surface area contributed by atoms with E-state index in [1.54, 1.807) is 23.3 Å². The fourth-order valence-corrected chi connectivity index (χ4v) is 2.97. The van der Waals surface area contributed by atoms with E-state index in [1.165, 1.54) is 0 Å². The minimum atomic E-state index is -0.363. The molecule has 1 amide bonds. The molecule has 0 spiro atoms. The van der Waals surface area contributed by atoms with Crippen molar-refractivity contribution >= 4 is 33.2 Å². The van der Waals surface area contributed by atoms with Crippen LogP contribution >= 0.6 is 27.3 Å². The van der Waals surface area contributed by atoms with Crippen LogP contribution in [0.5, 0.6) is 0 Å². The highest BCUT2D eigenvalue weighted by Gasteiger charge is 2.17. The predicted octanol–water partition coefficient (Wildman–Crippen LogP) is 2.60. The van der Waals surface area contributed by atoms with Gasteiger partial charge in [0.2, 0.25) is 5.91 Å². The molecule has 0 saturated carbocycles. The van der Waals surface area contributed by atoms with E-state index >= 15 is 0 Å². The van der Waals surface area contributed by atoms with Crippen molar-refractivity contribution < 1.29 is 4.79 Å². The zero-order valence-electron chi connectivity index (χ0n) is 9.57. The van der Waals surface area contributed by atoms with Crippen LogP contribution in [0.3, 0.4) is 0 Å². The molecular formula is C11H17BrN2OS. The average Bonchev–Trinajstić information content (AvgIpc) is 2.63. The molecule has 0 saturated heterocycles. The van der Waals surface area contributed by atoms with E-state index < -0.39 is 0 Å². The van der Waals surface area contributed by atoms with Crippen LogP contribution in [0.25, 0.3) is 0 Å². The summed E-state index contributed by atoms with van der Waals surface area (Å²) in [4.78, 5) is 14.7. The zero-order valence-corrected chi connectivity index (χ0v) is 12.0. The summed E-state index contributed by atoms with van der Waals surface area (Å²) in [7, 11) is 1.80. The van der Waals surface area contributed by atoms with E-state index in [4.69, 9.17) is 5.73 Å². The number of hydrogen-bond acceptors (Lipinski definition) is 3. The van der Waals surface area contributed by atoms with Crippen molar-refractivity contribution in [2.75, 3.05) is 7.05 Å². The lowest BCUT2D eigenvalue weighted by Crippen LogP contribution is -2.41. The van der Waals surface area contributed by atoms with Crippen LogP contribution in [0.4, 0.5) is 0 Å². The first-order chi connectivity index (χ1) is 7.54. The van der Waals surface area contributed by atoms with Crippen molar-refractivity contribution in [3.63, 3.8) is 0 Å². The largest absolute Gasteiger partial charge is 0.339 e. The Morgan fingerprint density at radius 3 is 2.88 bits per heavy atom. The topological polar surface area (TPSA) is 46.3 Å². The Morgan fingerprint density at radius 2 is 2.38 bits per heavy atom. The molecule has 1 atom stereocenters. The highest BCUT2D eigenvalue weighted by Crippen LogP contribution is 2.21. The Kier molecular flexibility index (Phi) is 5.44. The second-order valence-corrected chi connectivity index (χ2v) is 5.73. The number of carbonyl (C=O) groups is 1. The Labute approximate surface area is 109 Å². The van der Waals surface area contributed by atoms with Crippen LogP contribution < -0.4 is 5.73 Å². The van der Waals surface area contributed by atoms with E-state index in [9.17, 15) is 4.79 Å². The lowest BCUT2D eigenvalue weighted by molar-refractivity contribution is -0.131. The van der Waals surface area contributed by atoms with Crippen LogP contribution in [-0.4, -0.2) is 23.9 Å². The Balaban J connectivity index is 2.51. The quantitative estimate of drug-likeness (QED) is 0.909. The summed E-state index contributed by atoms with van der Waals surface area (Å²) in [5, 5.41) is 2.01. The van der Waals surface area contributed by atoms with Gasteiger partial charge in [0.25, 0.3) is 0 Å². The van der Waals surface area contributed by atoms with Crippen LogP contribution in [0.15, 0.2) is 15.9 Å². The molecule has 0 aliphatic rings. The predicted molar refractivity (Wildman–Crippen MR) is 71.4 cm³/mol. The summed E-state index contributed by atoms with van der Waals surface area (Å²) in [5.74, 6) is 0.0198. The number of carbonyl (C=O) groups excluding carboxylic acids is 1. The monoisotopic (exact) mass is 304 g/mol. The maximum atomic E-state index is 11.8. The number of amides is 1. The van der Waals surface area contributed by atoms with Crippen molar-refractivity contribution in [1.82, 2.24) is 4.90 Å². The van der Waals surface area contributed by atoms with Gasteiger partial charge in [-0.3, -0.25) is 4.79 Å². The fraction of sp³-hybridized carbons (Fsp3) is 0.545. The van der Waals surface area contributed by atoms with E-state index in [2.05, 4.69) is 15.9 Å². The molecule has 1 heterocycles. The molecule has 0 aromatic carbocycles. The molecule has 1 aromatic heterocycles. The molecule has 1 unspecified atom stereocenters. The number of hydrogen-bond donors (Lipinski definition) is 1. The van der Waals surface area contributed by atoms with Gasteiger partial charge in [0.1, 0.15) is 0 Å². The molecule has 16 heavy (non-hydrogen) atoms. The summed E-state index contributed by atoms with van der Waals surface area (Å²) in [6, 6.07) is 1.66. The van der Waals surface area contributed by atoms with E-state index in [0.717, 1.165) is 22.2 Å². The van der Waals surface area contributed by atoms with Crippen molar-refractivity contribution in [1.29, 1.82) is 0 Å². The summed E-state index contributed by atoms with van der Waals surface area (Å²) < 4.78 is 1.06. The summed E-state index contributed by atoms with van der Waals surface area (Å²) in [6.07, 6.45) is 1.68. The number of nitrogens with zero attached hydrogens (tertiary/aromatic N) is 1. The second-order valence-electron chi connectivity index (χ2n) is 3.82. The first-order valence-corrected chi connectivity index (χ1v) is 6.95. The molecule has 0 fully saturated rings. The maximum Gasteiger partial charge on any atom is 0.239 e. The molecule has 0 bridgehead atoms. The lowest BCUT2D eigenvalue weighted by Gasteiger charge is -2.20. The van der Waals surface area contributed by atoms with Crippen LogP contribution in [0.1, 0.15) is 24.6 Å². The van der Waals surface area contributed by atoms with E-state index in [-0.39, 0.29) is 11.9 Å². The van der Waals surface area contributed by atoms with Gasteiger partial charge in [0.15, 0.2) is 0 Å². The molecule has 1 rings (SSSR count). The molecule has 1 aromatic rings. The molecule has 0 aliphatic heterocycles. The van der Waals surface area contributed by atoms with Crippen LogP contribution in [0.2, 0.25) is 0 Å². The van der Waals surface area contributed by atoms with Gasteiger partial charge in [-0.25, -0.2) is 0 Å². The number of thiophene rings is 1. The normalized spacial score (nSPS) is 12.5. The number of rotatable bonds is 5. The smallest absolute Gasteiger partial charge is 0.239 e. The number of nitrogens with two attached hydrogens (primary N) is 1. The van der Waals surface area contributed by atoms with Gasteiger partial charge in [-0.05, 0) is 28.4 Å². The van der Waals surface area contributed by atoms with Gasteiger partial charge in [0.05, 0.1) is 12.6 Å². The molecular weight excluding hydrogens is 288 g/mol. The Hall–Kier alpha value is -0.390. The first-order valence-electron chi connectivity index (χ1n) is 5.28. The highest BCUT2D eigenvalue weighted by molar-refractivity contribution is 9.10. The third-order valence-electron chi connectivity index (χ3n) is 2.31. The van der Waals surface area contributed by atoms with Crippen LogP contribution in [0, 0.1) is 0 Å². The van der Waals surface area contributed by atoms with Gasteiger partial charge in [-0.1, -0.05) is 13.3 Å².